The Labute approximate surface area is 159 Å². The smallest absolute Gasteiger partial charge is 0.252 e. The van der Waals surface area contributed by atoms with Crippen molar-refractivity contribution in [1.29, 1.82) is 0 Å². The zero-order chi connectivity index (χ0) is 19.5. The van der Waals surface area contributed by atoms with Gasteiger partial charge in [-0.05, 0) is 70.1 Å². The van der Waals surface area contributed by atoms with Crippen LogP contribution in [0, 0.1) is 0 Å². The van der Waals surface area contributed by atoms with Crippen molar-refractivity contribution in [2.45, 2.75) is 43.2 Å². The van der Waals surface area contributed by atoms with Crippen molar-refractivity contribution in [3.05, 3.63) is 42.7 Å². The van der Waals surface area contributed by atoms with E-state index in [1.807, 2.05) is 0 Å². The molecule has 1 aromatic carbocycles. The Balaban J connectivity index is 1.79. The maximum absolute atomic E-state index is 13.1. The van der Waals surface area contributed by atoms with Crippen molar-refractivity contribution >= 4 is 21.6 Å². The second-order valence-electron chi connectivity index (χ2n) is 6.99. The lowest BCUT2D eigenvalue weighted by molar-refractivity contribution is -0.126. The minimum atomic E-state index is -3.56. The van der Waals surface area contributed by atoms with E-state index in [0.29, 0.717) is 18.5 Å². The molecule has 2 aromatic rings. The number of carbonyl (C=O) groups excluding carboxylic acids is 1. The van der Waals surface area contributed by atoms with E-state index in [9.17, 15) is 13.2 Å². The Morgan fingerprint density at radius 1 is 1.22 bits per heavy atom. The summed E-state index contributed by atoms with van der Waals surface area (Å²) < 4.78 is 28.7. The van der Waals surface area contributed by atoms with Crippen LogP contribution in [0.15, 0.2) is 47.6 Å². The van der Waals surface area contributed by atoms with Crippen molar-refractivity contribution in [1.82, 2.24) is 19.8 Å². The van der Waals surface area contributed by atoms with Gasteiger partial charge in [-0.2, -0.15) is 5.10 Å². The number of carbonyl (C=O) groups is 1. The van der Waals surface area contributed by atoms with Gasteiger partial charge in [0.25, 0.3) is 5.91 Å². The summed E-state index contributed by atoms with van der Waals surface area (Å²) in [6, 6.07) is 7.80. The average molecular weight is 391 g/mol. The van der Waals surface area contributed by atoms with Crippen molar-refractivity contribution in [2.24, 2.45) is 0 Å². The first kappa shape index (κ1) is 19.5. The second-order valence-corrected chi connectivity index (χ2v) is 8.70. The molecular formula is C18H25N5O3S. The van der Waals surface area contributed by atoms with Gasteiger partial charge in [-0.15, -0.1) is 0 Å². The molecule has 0 bridgehead atoms. The summed E-state index contributed by atoms with van der Waals surface area (Å²) in [5.41, 5.74) is -0.202. The molecule has 8 nitrogen and oxygen atoms in total. The van der Waals surface area contributed by atoms with Gasteiger partial charge >= 0.3 is 0 Å². The van der Waals surface area contributed by atoms with Crippen LogP contribution in [-0.4, -0.2) is 43.2 Å². The Bertz CT molecular complexity index is 870. The highest BCUT2D eigenvalue weighted by Gasteiger charge is 2.42. The van der Waals surface area contributed by atoms with E-state index in [1.165, 1.54) is 12.1 Å². The van der Waals surface area contributed by atoms with Crippen LogP contribution in [0.25, 0.3) is 0 Å². The molecule has 1 aliphatic rings. The fourth-order valence-electron chi connectivity index (χ4n) is 3.27. The largest absolute Gasteiger partial charge is 0.324 e. The molecule has 0 saturated carbocycles. The van der Waals surface area contributed by atoms with Crippen LogP contribution < -0.4 is 15.4 Å². The standard InChI is InChI=1S/C18H25N5O3S/c1-14(2)22-27(25,26)16-6-4-15(5-7-16)21-17(24)18(8-11-19-12-9-18)23-13-3-10-20-23/h3-7,10,13-14,19,22H,8-9,11-12H2,1-2H3,(H,21,24). The maximum atomic E-state index is 13.1. The predicted molar refractivity (Wildman–Crippen MR) is 103 cm³/mol. The second kappa shape index (κ2) is 7.79. The first-order chi connectivity index (χ1) is 12.8. The van der Waals surface area contributed by atoms with E-state index in [0.717, 1.165) is 13.1 Å². The highest BCUT2D eigenvalue weighted by molar-refractivity contribution is 7.89. The van der Waals surface area contributed by atoms with Crippen LogP contribution in [0.2, 0.25) is 0 Å². The van der Waals surface area contributed by atoms with Gasteiger partial charge in [0.05, 0.1) is 4.90 Å². The summed E-state index contributed by atoms with van der Waals surface area (Å²) in [7, 11) is -3.56. The van der Waals surface area contributed by atoms with Gasteiger partial charge in [0.1, 0.15) is 5.54 Å². The maximum Gasteiger partial charge on any atom is 0.252 e. The van der Waals surface area contributed by atoms with Crippen molar-refractivity contribution in [2.75, 3.05) is 18.4 Å². The summed E-state index contributed by atoms with van der Waals surface area (Å²) in [6.07, 6.45) is 4.73. The lowest BCUT2D eigenvalue weighted by atomic mass is 9.87. The monoisotopic (exact) mass is 391 g/mol. The molecule has 1 aliphatic heterocycles. The zero-order valence-electron chi connectivity index (χ0n) is 15.5. The Morgan fingerprint density at radius 2 is 1.89 bits per heavy atom. The van der Waals surface area contributed by atoms with Gasteiger partial charge in [0, 0.05) is 24.1 Å². The molecular weight excluding hydrogens is 366 g/mol. The summed E-state index contributed by atoms with van der Waals surface area (Å²) in [4.78, 5) is 13.2. The number of rotatable bonds is 6. The highest BCUT2D eigenvalue weighted by atomic mass is 32.2. The molecule has 1 aromatic heterocycles. The van der Waals surface area contributed by atoms with Crippen molar-refractivity contribution < 1.29 is 13.2 Å². The molecule has 0 aliphatic carbocycles. The minimum absolute atomic E-state index is 0.149. The van der Waals surface area contributed by atoms with Crippen LogP contribution >= 0.6 is 0 Å². The first-order valence-electron chi connectivity index (χ1n) is 8.98. The molecule has 0 unspecified atom stereocenters. The molecule has 9 heteroatoms. The predicted octanol–water partition coefficient (Wildman–Crippen LogP) is 1.29. The zero-order valence-corrected chi connectivity index (χ0v) is 16.3. The lowest BCUT2D eigenvalue weighted by Gasteiger charge is -2.36. The molecule has 1 amide bonds. The number of hydrogen-bond donors (Lipinski definition) is 3. The average Bonchev–Trinajstić information content (AvgIpc) is 3.17. The summed E-state index contributed by atoms with van der Waals surface area (Å²) in [5, 5.41) is 10.5. The van der Waals surface area contributed by atoms with Gasteiger partial charge in [-0.3, -0.25) is 9.48 Å². The van der Waals surface area contributed by atoms with Crippen LogP contribution in [0.3, 0.4) is 0 Å². The highest BCUT2D eigenvalue weighted by Crippen LogP contribution is 2.29. The van der Waals surface area contributed by atoms with Gasteiger partial charge in [0.2, 0.25) is 10.0 Å². The van der Waals surface area contributed by atoms with E-state index < -0.39 is 15.6 Å². The van der Waals surface area contributed by atoms with Gasteiger partial charge in [-0.25, -0.2) is 13.1 Å². The molecule has 0 spiro atoms. The number of nitrogens with zero attached hydrogens (tertiary/aromatic N) is 2. The number of anilines is 1. The van der Waals surface area contributed by atoms with Crippen molar-refractivity contribution in [3.8, 4) is 0 Å². The number of benzene rings is 1. The topological polar surface area (TPSA) is 105 Å². The molecule has 0 radical (unpaired) electrons. The SMILES string of the molecule is CC(C)NS(=O)(=O)c1ccc(NC(=O)C2(n3cccn3)CCNCC2)cc1. The van der Waals surface area contributed by atoms with E-state index in [2.05, 4.69) is 20.5 Å². The third-order valence-corrected chi connectivity index (χ3v) is 6.28. The third kappa shape index (κ3) is 4.20. The molecule has 1 fully saturated rings. The normalized spacial score (nSPS) is 17.0. The molecule has 1 saturated heterocycles. The number of nitrogens with one attached hydrogen (secondary N) is 3. The molecule has 27 heavy (non-hydrogen) atoms. The quantitative estimate of drug-likeness (QED) is 0.688. The van der Waals surface area contributed by atoms with E-state index in [1.54, 1.807) is 49.1 Å². The minimum Gasteiger partial charge on any atom is -0.324 e. The third-order valence-electron chi connectivity index (χ3n) is 4.61. The number of aromatic nitrogens is 2. The fourth-order valence-corrected chi connectivity index (χ4v) is 4.52. The summed E-state index contributed by atoms with van der Waals surface area (Å²) in [5.74, 6) is -0.149. The summed E-state index contributed by atoms with van der Waals surface area (Å²) >= 11 is 0. The molecule has 3 N–H and O–H groups in total. The number of piperidine rings is 1. The van der Waals surface area contributed by atoms with E-state index in [-0.39, 0.29) is 16.8 Å². The summed E-state index contributed by atoms with van der Waals surface area (Å²) in [6.45, 7) is 4.98. The lowest BCUT2D eigenvalue weighted by Crippen LogP contribution is -2.52. The van der Waals surface area contributed by atoms with Crippen LogP contribution in [-0.2, 0) is 20.4 Å². The van der Waals surface area contributed by atoms with Gasteiger partial charge in [-0.1, -0.05) is 0 Å². The van der Waals surface area contributed by atoms with E-state index >= 15 is 0 Å². The van der Waals surface area contributed by atoms with Gasteiger partial charge < -0.3 is 10.6 Å². The Kier molecular flexibility index (Phi) is 5.64. The molecule has 3 rings (SSSR count). The first-order valence-corrected chi connectivity index (χ1v) is 10.5. The van der Waals surface area contributed by atoms with Crippen LogP contribution in [0.4, 0.5) is 5.69 Å². The van der Waals surface area contributed by atoms with E-state index in [4.69, 9.17) is 0 Å². The Hall–Kier alpha value is -2.23. The van der Waals surface area contributed by atoms with Gasteiger partial charge in [0.15, 0.2) is 0 Å². The Morgan fingerprint density at radius 3 is 2.44 bits per heavy atom. The number of sulfonamides is 1. The van der Waals surface area contributed by atoms with Crippen LogP contribution in [0.5, 0.6) is 0 Å². The molecule has 2 heterocycles. The fraction of sp³-hybridized carbons (Fsp3) is 0.444. The number of amides is 1. The number of hydrogen-bond acceptors (Lipinski definition) is 5. The van der Waals surface area contributed by atoms with Crippen LogP contribution in [0.1, 0.15) is 26.7 Å². The molecule has 0 atom stereocenters. The van der Waals surface area contributed by atoms with Crippen molar-refractivity contribution in [3.63, 3.8) is 0 Å². The molecule has 146 valence electrons.